The molecule has 134 valence electrons. The van der Waals surface area contributed by atoms with Crippen LogP contribution in [0.15, 0.2) is 31.0 Å². The molecule has 4 rings (SSSR count). The summed E-state index contributed by atoms with van der Waals surface area (Å²) in [6, 6.07) is 4.09. The van der Waals surface area contributed by atoms with Crippen LogP contribution in [0.3, 0.4) is 0 Å². The van der Waals surface area contributed by atoms with E-state index in [-0.39, 0.29) is 25.3 Å². The van der Waals surface area contributed by atoms with Crippen molar-refractivity contribution in [1.82, 2.24) is 29.0 Å². The molecule has 0 aromatic carbocycles. The van der Waals surface area contributed by atoms with Gasteiger partial charge in [0.05, 0.1) is 35.7 Å². The Labute approximate surface area is 150 Å². The zero-order valence-corrected chi connectivity index (χ0v) is 14.9. The lowest BCUT2D eigenvalue weighted by Gasteiger charge is -2.49. The highest BCUT2D eigenvalue weighted by molar-refractivity contribution is 7.89. The number of fused-ring (bicyclic) bond motifs is 1. The predicted octanol–water partition coefficient (Wildman–Crippen LogP) is 1.10. The number of rotatable bonds is 5. The molecule has 0 amide bonds. The van der Waals surface area contributed by atoms with Crippen molar-refractivity contribution < 1.29 is 8.42 Å². The summed E-state index contributed by atoms with van der Waals surface area (Å²) in [5.41, 5.74) is 1.65. The molecule has 0 unspecified atom stereocenters. The molecule has 4 heterocycles. The number of aromatic amines is 1. The Kier molecular flexibility index (Phi) is 3.78. The third-order valence-electron chi connectivity index (χ3n) is 4.87. The maximum atomic E-state index is 12.1. The van der Waals surface area contributed by atoms with Crippen LogP contribution in [0.5, 0.6) is 0 Å². The van der Waals surface area contributed by atoms with Gasteiger partial charge in [-0.15, -0.1) is 0 Å². The molecule has 0 saturated carbocycles. The van der Waals surface area contributed by atoms with E-state index in [0.29, 0.717) is 5.65 Å². The molecule has 1 aliphatic heterocycles. The van der Waals surface area contributed by atoms with Crippen molar-refractivity contribution in [3.63, 3.8) is 0 Å². The Morgan fingerprint density at radius 3 is 2.85 bits per heavy atom. The Hall–Kier alpha value is -2.77. The van der Waals surface area contributed by atoms with Crippen LogP contribution in [0.1, 0.15) is 13.3 Å². The fourth-order valence-corrected chi connectivity index (χ4v) is 4.67. The Bertz CT molecular complexity index is 1090. The van der Waals surface area contributed by atoms with Gasteiger partial charge in [-0.3, -0.25) is 5.10 Å². The maximum Gasteiger partial charge on any atom is 0.213 e. The molecule has 0 spiro atoms. The average molecular weight is 371 g/mol. The second-order valence-corrected chi connectivity index (χ2v) is 8.62. The molecule has 1 N–H and O–H groups in total. The van der Waals surface area contributed by atoms with Crippen molar-refractivity contribution in [3.8, 4) is 17.3 Å². The summed E-state index contributed by atoms with van der Waals surface area (Å²) in [7, 11) is -3.27. The number of nitriles is 1. The van der Waals surface area contributed by atoms with Crippen molar-refractivity contribution in [2.45, 2.75) is 18.9 Å². The van der Waals surface area contributed by atoms with Gasteiger partial charge in [0.25, 0.3) is 0 Å². The standard InChI is InChI=1S/C16H17N7O2S/c1-2-26(24,25)22-9-16(10-22,4-5-17)23-6-3-13-14(12-7-20-21-8-12)18-11-19-15(13)23/h3,6-8,11H,2,4,9-10H2,1H3,(H,20,21). The largest absolute Gasteiger partial charge is 0.323 e. The number of hydrogen-bond donors (Lipinski definition) is 1. The molecular formula is C16H17N7O2S. The first-order valence-corrected chi connectivity index (χ1v) is 9.78. The summed E-state index contributed by atoms with van der Waals surface area (Å²) in [6.07, 6.45) is 6.97. The summed E-state index contributed by atoms with van der Waals surface area (Å²) in [6.45, 7) is 2.16. The summed E-state index contributed by atoms with van der Waals surface area (Å²) in [5.74, 6) is 0.0505. The van der Waals surface area contributed by atoms with Gasteiger partial charge in [0.2, 0.25) is 10.0 Å². The lowest BCUT2D eigenvalue weighted by Crippen LogP contribution is -2.64. The first kappa shape index (κ1) is 16.7. The number of sulfonamides is 1. The van der Waals surface area contributed by atoms with E-state index in [2.05, 4.69) is 26.2 Å². The summed E-state index contributed by atoms with van der Waals surface area (Å²) >= 11 is 0. The van der Waals surface area contributed by atoms with E-state index in [0.717, 1.165) is 16.6 Å². The molecule has 3 aromatic heterocycles. The molecule has 0 radical (unpaired) electrons. The predicted molar refractivity (Wildman–Crippen MR) is 94.3 cm³/mol. The lowest BCUT2D eigenvalue weighted by atomic mass is 9.88. The molecule has 0 bridgehead atoms. The van der Waals surface area contributed by atoms with Gasteiger partial charge in [0.1, 0.15) is 12.0 Å². The van der Waals surface area contributed by atoms with E-state index in [1.165, 1.54) is 10.6 Å². The highest BCUT2D eigenvalue weighted by atomic mass is 32.2. The molecule has 10 heteroatoms. The fourth-order valence-electron chi connectivity index (χ4n) is 3.43. The molecule has 3 aromatic rings. The summed E-state index contributed by atoms with van der Waals surface area (Å²) in [4.78, 5) is 8.74. The number of hydrogen-bond acceptors (Lipinski definition) is 6. The second kappa shape index (κ2) is 5.89. The highest BCUT2D eigenvalue weighted by Crippen LogP contribution is 2.38. The van der Waals surface area contributed by atoms with E-state index in [9.17, 15) is 13.7 Å². The molecular weight excluding hydrogens is 354 g/mol. The zero-order valence-electron chi connectivity index (χ0n) is 14.1. The average Bonchev–Trinajstić information content (AvgIpc) is 3.27. The van der Waals surface area contributed by atoms with E-state index >= 15 is 0 Å². The zero-order chi connectivity index (χ0) is 18.4. The summed E-state index contributed by atoms with van der Waals surface area (Å²) in [5, 5.41) is 16.9. The highest BCUT2D eigenvalue weighted by Gasteiger charge is 2.49. The van der Waals surface area contributed by atoms with Gasteiger partial charge < -0.3 is 4.57 Å². The van der Waals surface area contributed by atoms with Crippen LogP contribution in [-0.2, 0) is 15.6 Å². The fraction of sp³-hybridized carbons (Fsp3) is 0.375. The van der Waals surface area contributed by atoms with Gasteiger partial charge in [-0.05, 0) is 13.0 Å². The van der Waals surface area contributed by atoms with Crippen molar-refractivity contribution in [2.75, 3.05) is 18.8 Å². The van der Waals surface area contributed by atoms with Crippen LogP contribution in [0.4, 0.5) is 0 Å². The minimum absolute atomic E-state index is 0.0505. The van der Waals surface area contributed by atoms with Gasteiger partial charge in [0.15, 0.2) is 0 Å². The van der Waals surface area contributed by atoms with Crippen LogP contribution in [-0.4, -0.2) is 56.3 Å². The minimum atomic E-state index is -3.27. The third-order valence-corrected chi connectivity index (χ3v) is 6.65. The number of nitrogens with zero attached hydrogens (tertiary/aromatic N) is 6. The molecule has 0 atom stereocenters. The topological polar surface area (TPSA) is 121 Å². The quantitative estimate of drug-likeness (QED) is 0.717. The van der Waals surface area contributed by atoms with Crippen LogP contribution in [0.25, 0.3) is 22.3 Å². The van der Waals surface area contributed by atoms with Crippen molar-refractivity contribution in [1.29, 1.82) is 5.26 Å². The van der Waals surface area contributed by atoms with Crippen LogP contribution in [0, 0.1) is 11.3 Å². The number of aromatic nitrogens is 5. The van der Waals surface area contributed by atoms with Gasteiger partial charge in [-0.2, -0.15) is 14.7 Å². The van der Waals surface area contributed by atoms with Gasteiger partial charge in [-0.25, -0.2) is 18.4 Å². The number of nitrogens with one attached hydrogen (secondary N) is 1. The molecule has 0 aliphatic carbocycles. The van der Waals surface area contributed by atoms with Gasteiger partial charge in [0, 0.05) is 36.4 Å². The molecule has 1 fully saturated rings. The summed E-state index contributed by atoms with van der Waals surface area (Å²) < 4.78 is 27.6. The second-order valence-electron chi connectivity index (χ2n) is 6.36. The SMILES string of the molecule is CCS(=O)(=O)N1CC(CC#N)(n2ccc3c(-c4cn[nH]c4)ncnc32)C1. The Balaban J connectivity index is 1.79. The van der Waals surface area contributed by atoms with Crippen LogP contribution >= 0.6 is 0 Å². The van der Waals surface area contributed by atoms with Crippen molar-refractivity contribution >= 4 is 21.1 Å². The Morgan fingerprint density at radius 1 is 1.38 bits per heavy atom. The number of H-pyrrole nitrogens is 1. The van der Waals surface area contributed by atoms with Gasteiger partial charge >= 0.3 is 0 Å². The lowest BCUT2D eigenvalue weighted by molar-refractivity contribution is 0.0887. The molecule has 9 nitrogen and oxygen atoms in total. The normalized spacial score (nSPS) is 17.1. The smallest absolute Gasteiger partial charge is 0.213 e. The van der Waals surface area contributed by atoms with Crippen molar-refractivity contribution in [2.24, 2.45) is 0 Å². The van der Waals surface area contributed by atoms with Crippen molar-refractivity contribution in [3.05, 3.63) is 31.0 Å². The van der Waals surface area contributed by atoms with E-state index in [1.54, 1.807) is 19.3 Å². The van der Waals surface area contributed by atoms with E-state index in [1.807, 2.05) is 16.8 Å². The molecule has 1 saturated heterocycles. The monoisotopic (exact) mass is 371 g/mol. The van der Waals surface area contributed by atoms with Crippen LogP contribution in [0.2, 0.25) is 0 Å². The molecule has 26 heavy (non-hydrogen) atoms. The first-order chi connectivity index (χ1) is 12.5. The van der Waals surface area contributed by atoms with E-state index in [4.69, 9.17) is 0 Å². The molecule has 1 aliphatic rings. The Morgan fingerprint density at radius 2 is 2.19 bits per heavy atom. The minimum Gasteiger partial charge on any atom is -0.323 e. The van der Waals surface area contributed by atoms with E-state index < -0.39 is 15.6 Å². The first-order valence-electron chi connectivity index (χ1n) is 8.17. The van der Waals surface area contributed by atoms with Crippen LogP contribution < -0.4 is 0 Å². The van der Waals surface area contributed by atoms with Gasteiger partial charge in [-0.1, -0.05) is 0 Å². The maximum absolute atomic E-state index is 12.1. The third kappa shape index (κ3) is 2.40.